The Morgan fingerprint density at radius 1 is 1.24 bits per heavy atom. The molecule has 0 saturated heterocycles. The highest BCUT2D eigenvalue weighted by Crippen LogP contribution is 2.29. The molecule has 3 heteroatoms. The molecule has 0 saturated carbocycles. The van der Waals surface area contributed by atoms with Gasteiger partial charge in [-0.25, -0.2) is 0 Å². The van der Waals surface area contributed by atoms with Gasteiger partial charge < -0.3 is 9.15 Å². The highest BCUT2D eigenvalue weighted by molar-refractivity contribution is 5.66. The normalized spacial score (nSPS) is 11.8. The summed E-state index contributed by atoms with van der Waals surface area (Å²) in [6.45, 7) is 5.47. The first-order chi connectivity index (χ1) is 10.1. The minimum atomic E-state index is -0.307. The molecule has 1 heterocycles. The number of hydrogen-bond donors (Lipinski definition) is 0. The fourth-order valence-electron chi connectivity index (χ4n) is 2.07. The SMILES string of the molecule is CC(=O)OC(CC=C(C)C)c1coc(-c2ccccc2)c1. The maximum absolute atomic E-state index is 11.3. The Balaban J connectivity index is 2.22. The van der Waals surface area contributed by atoms with Crippen LogP contribution in [0.2, 0.25) is 0 Å². The van der Waals surface area contributed by atoms with Crippen LogP contribution in [-0.4, -0.2) is 5.97 Å². The average Bonchev–Trinajstić information content (AvgIpc) is 2.93. The fraction of sp³-hybridized carbons (Fsp3) is 0.278. The van der Waals surface area contributed by atoms with E-state index in [1.807, 2.05) is 50.2 Å². The van der Waals surface area contributed by atoms with E-state index in [9.17, 15) is 4.79 Å². The summed E-state index contributed by atoms with van der Waals surface area (Å²) in [7, 11) is 0. The van der Waals surface area contributed by atoms with Crippen molar-refractivity contribution in [1.29, 1.82) is 0 Å². The van der Waals surface area contributed by atoms with Gasteiger partial charge in [0.1, 0.15) is 11.9 Å². The lowest BCUT2D eigenvalue weighted by atomic mass is 10.1. The molecule has 0 fully saturated rings. The van der Waals surface area contributed by atoms with Crippen LogP contribution in [-0.2, 0) is 9.53 Å². The van der Waals surface area contributed by atoms with Crippen LogP contribution < -0.4 is 0 Å². The highest BCUT2D eigenvalue weighted by Gasteiger charge is 2.17. The summed E-state index contributed by atoms with van der Waals surface area (Å²) in [6, 6.07) is 11.8. The van der Waals surface area contributed by atoms with E-state index < -0.39 is 0 Å². The Morgan fingerprint density at radius 3 is 2.57 bits per heavy atom. The third kappa shape index (κ3) is 4.35. The Bertz CT molecular complexity index is 619. The van der Waals surface area contributed by atoms with Crippen LogP contribution in [0.5, 0.6) is 0 Å². The number of ether oxygens (including phenoxy) is 1. The standard InChI is InChI=1S/C18H20O3/c1-13(2)9-10-17(21-14(3)19)16-11-18(20-12-16)15-7-5-4-6-8-15/h4-9,11-12,17H,10H2,1-3H3. The summed E-state index contributed by atoms with van der Waals surface area (Å²) in [6.07, 6.45) is 4.06. The molecule has 2 rings (SSSR count). The lowest BCUT2D eigenvalue weighted by molar-refractivity contribution is -0.146. The zero-order chi connectivity index (χ0) is 15.2. The summed E-state index contributed by atoms with van der Waals surface area (Å²) in [5.74, 6) is 0.490. The van der Waals surface area contributed by atoms with Gasteiger partial charge in [0.05, 0.1) is 6.26 Å². The van der Waals surface area contributed by atoms with E-state index in [2.05, 4.69) is 6.08 Å². The van der Waals surface area contributed by atoms with Gasteiger partial charge >= 0.3 is 5.97 Å². The monoisotopic (exact) mass is 284 g/mol. The summed E-state index contributed by atoms with van der Waals surface area (Å²) in [4.78, 5) is 11.3. The van der Waals surface area contributed by atoms with Crippen LogP contribution in [0.1, 0.15) is 38.9 Å². The molecule has 1 aromatic carbocycles. The molecule has 0 radical (unpaired) electrons. The second kappa shape index (κ2) is 6.93. The van der Waals surface area contributed by atoms with Gasteiger partial charge in [-0.1, -0.05) is 42.0 Å². The Morgan fingerprint density at radius 2 is 1.95 bits per heavy atom. The van der Waals surface area contributed by atoms with Gasteiger partial charge in [-0.3, -0.25) is 4.79 Å². The number of hydrogen-bond acceptors (Lipinski definition) is 3. The number of carbonyl (C=O) groups is 1. The molecule has 2 aromatic rings. The van der Waals surface area contributed by atoms with E-state index in [0.717, 1.165) is 16.9 Å². The quantitative estimate of drug-likeness (QED) is 0.578. The largest absolute Gasteiger partial charge is 0.464 e. The molecule has 0 amide bonds. The predicted molar refractivity (Wildman–Crippen MR) is 82.7 cm³/mol. The third-order valence-corrected chi connectivity index (χ3v) is 3.10. The van der Waals surface area contributed by atoms with E-state index in [0.29, 0.717) is 6.42 Å². The van der Waals surface area contributed by atoms with Crippen molar-refractivity contribution >= 4 is 5.97 Å². The molecule has 3 nitrogen and oxygen atoms in total. The second-order valence-corrected chi connectivity index (χ2v) is 5.23. The van der Waals surface area contributed by atoms with Crippen molar-refractivity contribution in [3.8, 4) is 11.3 Å². The van der Waals surface area contributed by atoms with Gasteiger partial charge in [-0.05, 0) is 19.9 Å². The molecule has 1 aromatic heterocycles. The summed E-state index contributed by atoms with van der Waals surface area (Å²) in [5, 5.41) is 0. The van der Waals surface area contributed by atoms with E-state index >= 15 is 0 Å². The third-order valence-electron chi connectivity index (χ3n) is 3.10. The zero-order valence-electron chi connectivity index (χ0n) is 12.6. The Labute approximate surface area is 125 Å². The number of rotatable bonds is 5. The molecule has 0 bridgehead atoms. The fourth-order valence-corrected chi connectivity index (χ4v) is 2.07. The van der Waals surface area contributed by atoms with Crippen LogP contribution in [0.4, 0.5) is 0 Å². The highest BCUT2D eigenvalue weighted by atomic mass is 16.5. The van der Waals surface area contributed by atoms with E-state index in [-0.39, 0.29) is 12.1 Å². The molecular formula is C18H20O3. The first kappa shape index (κ1) is 15.1. The number of esters is 1. The predicted octanol–water partition coefficient (Wildman–Crippen LogP) is 4.91. The molecule has 21 heavy (non-hydrogen) atoms. The van der Waals surface area contributed by atoms with Crippen molar-refractivity contribution in [2.45, 2.75) is 33.3 Å². The smallest absolute Gasteiger partial charge is 0.303 e. The van der Waals surface area contributed by atoms with Gasteiger partial charge in [0.25, 0.3) is 0 Å². The van der Waals surface area contributed by atoms with Gasteiger partial charge in [-0.15, -0.1) is 0 Å². The molecule has 0 spiro atoms. The maximum atomic E-state index is 11.3. The molecule has 1 unspecified atom stereocenters. The van der Waals surface area contributed by atoms with Gasteiger partial charge in [-0.2, -0.15) is 0 Å². The van der Waals surface area contributed by atoms with Crippen LogP contribution in [0.3, 0.4) is 0 Å². The molecule has 0 N–H and O–H groups in total. The van der Waals surface area contributed by atoms with Crippen molar-refractivity contribution in [1.82, 2.24) is 0 Å². The number of benzene rings is 1. The first-order valence-electron chi connectivity index (χ1n) is 7.00. The molecular weight excluding hydrogens is 264 g/mol. The lowest BCUT2D eigenvalue weighted by Crippen LogP contribution is -2.07. The zero-order valence-corrected chi connectivity index (χ0v) is 12.6. The molecule has 0 aliphatic carbocycles. The van der Waals surface area contributed by atoms with Gasteiger partial charge in [0.2, 0.25) is 0 Å². The summed E-state index contributed by atoms with van der Waals surface area (Å²) < 4.78 is 11.0. The second-order valence-electron chi connectivity index (χ2n) is 5.23. The van der Waals surface area contributed by atoms with Crippen LogP contribution in [0, 0.1) is 0 Å². The van der Waals surface area contributed by atoms with Crippen molar-refractivity contribution in [3.63, 3.8) is 0 Å². The maximum Gasteiger partial charge on any atom is 0.303 e. The lowest BCUT2D eigenvalue weighted by Gasteiger charge is -2.13. The first-order valence-corrected chi connectivity index (χ1v) is 7.00. The number of carbonyl (C=O) groups excluding carboxylic acids is 1. The minimum absolute atomic E-state index is 0.287. The Kier molecular flexibility index (Phi) is 4.99. The number of furan rings is 1. The molecule has 1 atom stereocenters. The van der Waals surface area contributed by atoms with Crippen molar-refractivity contribution in [3.05, 3.63) is 59.9 Å². The van der Waals surface area contributed by atoms with Crippen LogP contribution in [0.25, 0.3) is 11.3 Å². The van der Waals surface area contributed by atoms with E-state index in [1.54, 1.807) is 6.26 Å². The van der Waals surface area contributed by atoms with Crippen molar-refractivity contribution in [2.24, 2.45) is 0 Å². The molecule has 110 valence electrons. The van der Waals surface area contributed by atoms with E-state index in [1.165, 1.54) is 12.5 Å². The van der Waals surface area contributed by atoms with Crippen molar-refractivity contribution < 1.29 is 13.9 Å². The summed E-state index contributed by atoms with van der Waals surface area (Å²) >= 11 is 0. The summed E-state index contributed by atoms with van der Waals surface area (Å²) in [5.41, 5.74) is 3.08. The number of allylic oxidation sites excluding steroid dienone is 1. The Hall–Kier alpha value is -2.29. The molecule has 0 aliphatic rings. The molecule has 0 aliphatic heterocycles. The average molecular weight is 284 g/mol. The van der Waals surface area contributed by atoms with Crippen LogP contribution in [0.15, 0.2) is 58.7 Å². The van der Waals surface area contributed by atoms with Gasteiger partial charge in [0.15, 0.2) is 0 Å². The van der Waals surface area contributed by atoms with Gasteiger partial charge in [0, 0.05) is 24.5 Å². The topological polar surface area (TPSA) is 39.4 Å². The van der Waals surface area contributed by atoms with E-state index in [4.69, 9.17) is 9.15 Å². The van der Waals surface area contributed by atoms with Crippen molar-refractivity contribution in [2.75, 3.05) is 0 Å². The van der Waals surface area contributed by atoms with Crippen LogP contribution >= 0.6 is 0 Å². The minimum Gasteiger partial charge on any atom is -0.464 e.